The van der Waals surface area contributed by atoms with Gasteiger partial charge in [-0.3, -0.25) is 9.59 Å². The first-order chi connectivity index (χ1) is 14.5. The minimum absolute atomic E-state index is 0.167. The minimum atomic E-state index is -0.738. The first-order valence-electron chi connectivity index (χ1n) is 9.86. The Morgan fingerprint density at radius 2 is 1.80 bits per heavy atom. The molecule has 1 N–H and O–H groups in total. The van der Waals surface area contributed by atoms with E-state index in [0.717, 1.165) is 29.5 Å². The van der Waals surface area contributed by atoms with E-state index in [0.29, 0.717) is 18.7 Å². The zero-order valence-electron chi connectivity index (χ0n) is 16.4. The lowest BCUT2D eigenvalue weighted by molar-refractivity contribution is 0.0357. The monoisotopic (exact) mass is 407 g/mol. The molecule has 1 fully saturated rings. The van der Waals surface area contributed by atoms with Crippen molar-refractivity contribution in [1.29, 1.82) is 0 Å². The second-order valence-electron chi connectivity index (χ2n) is 7.45. The molecule has 0 amide bonds. The highest BCUT2D eigenvalue weighted by Crippen LogP contribution is 2.41. The molecule has 2 aromatic carbocycles. The number of benzene rings is 2. The molecule has 154 valence electrons. The Morgan fingerprint density at radius 1 is 1.07 bits per heavy atom. The average molecular weight is 407 g/mol. The second kappa shape index (κ2) is 8.34. The fraction of sp³-hybridized carbons (Fsp3) is 0.250. The number of halogens is 1. The summed E-state index contributed by atoms with van der Waals surface area (Å²) in [5.41, 5.74) is 1.99. The average Bonchev–Trinajstić information content (AvgIpc) is 3.27. The van der Waals surface area contributed by atoms with Crippen molar-refractivity contribution in [3.63, 3.8) is 0 Å². The Kier molecular flexibility index (Phi) is 5.61. The smallest absolute Gasteiger partial charge is 0.251 e. The van der Waals surface area contributed by atoms with Crippen molar-refractivity contribution in [2.24, 2.45) is 0 Å². The van der Waals surface area contributed by atoms with Gasteiger partial charge in [0.05, 0.1) is 6.54 Å². The third kappa shape index (κ3) is 3.84. The number of hydrogen-bond acceptors (Lipinski definition) is 4. The molecule has 0 bridgehead atoms. The SMILES string of the molecule is O=C(CO)c1ccc(Cn2ccc(C3(c4ccc(F)cc4)CCCO3)cc2=O)cc1. The molecule has 1 aromatic heterocycles. The summed E-state index contributed by atoms with van der Waals surface area (Å²) in [4.78, 5) is 24.3. The van der Waals surface area contributed by atoms with Gasteiger partial charge in [-0.1, -0.05) is 36.4 Å². The Bertz CT molecular complexity index is 1100. The summed E-state index contributed by atoms with van der Waals surface area (Å²) in [7, 11) is 0. The fourth-order valence-corrected chi connectivity index (χ4v) is 3.95. The lowest BCUT2D eigenvalue weighted by Crippen LogP contribution is -2.30. The molecule has 5 nitrogen and oxygen atoms in total. The number of hydrogen-bond donors (Lipinski definition) is 1. The third-order valence-corrected chi connectivity index (χ3v) is 5.57. The van der Waals surface area contributed by atoms with Crippen molar-refractivity contribution >= 4 is 5.78 Å². The predicted molar refractivity (Wildman–Crippen MR) is 110 cm³/mol. The van der Waals surface area contributed by atoms with Crippen LogP contribution in [0.2, 0.25) is 0 Å². The van der Waals surface area contributed by atoms with Gasteiger partial charge in [0.2, 0.25) is 0 Å². The molecular weight excluding hydrogens is 385 g/mol. The highest BCUT2D eigenvalue weighted by atomic mass is 19.1. The first-order valence-corrected chi connectivity index (χ1v) is 9.86. The molecule has 3 aromatic rings. The number of pyridine rings is 1. The Labute approximate surface area is 173 Å². The summed E-state index contributed by atoms with van der Waals surface area (Å²) in [5.74, 6) is -0.653. The largest absolute Gasteiger partial charge is 0.388 e. The number of aliphatic hydroxyl groups excluding tert-OH is 1. The van der Waals surface area contributed by atoms with Crippen LogP contribution in [0.4, 0.5) is 4.39 Å². The van der Waals surface area contributed by atoms with E-state index in [2.05, 4.69) is 0 Å². The van der Waals surface area contributed by atoms with E-state index in [1.54, 1.807) is 53.2 Å². The lowest BCUT2D eigenvalue weighted by atomic mass is 9.84. The van der Waals surface area contributed by atoms with Crippen LogP contribution in [0.3, 0.4) is 0 Å². The van der Waals surface area contributed by atoms with Crippen molar-refractivity contribution in [1.82, 2.24) is 4.57 Å². The molecule has 4 rings (SSSR count). The van der Waals surface area contributed by atoms with Crippen molar-refractivity contribution in [2.75, 3.05) is 13.2 Å². The molecule has 1 aliphatic rings. The summed E-state index contributed by atoms with van der Waals surface area (Å²) >= 11 is 0. The molecule has 1 unspecified atom stereocenters. The molecule has 30 heavy (non-hydrogen) atoms. The first kappa shape index (κ1) is 20.2. The molecule has 0 radical (unpaired) electrons. The van der Waals surface area contributed by atoms with Crippen LogP contribution in [0, 0.1) is 5.82 Å². The van der Waals surface area contributed by atoms with Crippen molar-refractivity contribution in [2.45, 2.75) is 25.0 Å². The van der Waals surface area contributed by atoms with Crippen molar-refractivity contribution in [3.8, 4) is 0 Å². The summed E-state index contributed by atoms with van der Waals surface area (Å²) in [6.45, 7) is 0.411. The van der Waals surface area contributed by atoms with Crippen molar-refractivity contribution in [3.05, 3.63) is 105 Å². The molecule has 1 atom stereocenters. The number of rotatable bonds is 6. The van der Waals surface area contributed by atoms with Gasteiger partial charge in [-0.05, 0) is 47.7 Å². The quantitative estimate of drug-likeness (QED) is 0.637. The maximum absolute atomic E-state index is 13.4. The van der Waals surface area contributed by atoms with E-state index in [1.165, 1.54) is 12.1 Å². The molecule has 6 heteroatoms. The Hall–Kier alpha value is -3.09. The Morgan fingerprint density at radius 3 is 2.40 bits per heavy atom. The van der Waals surface area contributed by atoms with Crippen LogP contribution < -0.4 is 5.56 Å². The van der Waals surface area contributed by atoms with Crippen LogP contribution in [0.25, 0.3) is 0 Å². The maximum atomic E-state index is 13.4. The Balaban J connectivity index is 1.61. The van der Waals surface area contributed by atoms with Gasteiger partial charge in [-0.25, -0.2) is 4.39 Å². The van der Waals surface area contributed by atoms with Crippen LogP contribution in [0.5, 0.6) is 0 Å². The standard InChI is InChI=1S/C24H22FNO4/c25-21-8-6-19(7-9-21)24(11-1-13-30-24)20-10-12-26(23(29)14-20)15-17-2-4-18(5-3-17)22(28)16-27/h2-10,12,14,27H,1,11,13,15-16H2. The predicted octanol–water partition coefficient (Wildman–Crippen LogP) is 3.26. The number of ketones is 1. The van der Waals surface area contributed by atoms with E-state index < -0.39 is 12.2 Å². The van der Waals surface area contributed by atoms with Crippen molar-refractivity contribution < 1.29 is 19.0 Å². The molecule has 0 aliphatic carbocycles. The van der Waals surface area contributed by atoms with Crippen LogP contribution >= 0.6 is 0 Å². The highest BCUT2D eigenvalue weighted by Gasteiger charge is 2.39. The highest BCUT2D eigenvalue weighted by molar-refractivity contribution is 5.96. The van der Waals surface area contributed by atoms with Gasteiger partial charge in [-0.2, -0.15) is 0 Å². The van der Waals surface area contributed by atoms with Crippen LogP contribution in [-0.2, 0) is 16.9 Å². The zero-order valence-corrected chi connectivity index (χ0v) is 16.4. The fourth-order valence-electron chi connectivity index (χ4n) is 3.95. The van der Waals surface area contributed by atoms with Gasteiger partial charge >= 0.3 is 0 Å². The summed E-state index contributed by atoms with van der Waals surface area (Å²) in [6, 6.07) is 16.5. The normalized spacial score (nSPS) is 18.5. The molecule has 0 spiro atoms. The molecule has 1 saturated heterocycles. The van der Waals surface area contributed by atoms with Gasteiger partial charge in [0.15, 0.2) is 5.78 Å². The van der Waals surface area contributed by atoms with Gasteiger partial charge < -0.3 is 14.4 Å². The topological polar surface area (TPSA) is 68.5 Å². The van der Waals surface area contributed by atoms with Crippen LogP contribution in [0.15, 0.2) is 71.7 Å². The zero-order chi connectivity index (χ0) is 21.1. The van der Waals surface area contributed by atoms with Gasteiger partial charge in [0.1, 0.15) is 18.0 Å². The minimum Gasteiger partial charge on any atom is -0.388 e. The van der Waals surface area contributed by atoms with E-state index in [4.69, 9.17) is 9.84 Å². The van der Waals surface area contributed by atoms with Gasteiger partial charge in [-0.15, -0.1) is 0 Å². The number of nitrogens with zero attached hydrogens (tertiary/aromatic N) is 1. The molecular formula is C24H22FNO4. The number of Topliss-reactive ketones (excluding diaryl/α,β-unsaturated/α-hetero) is 1. The second-order valence-corrected chi connectivity index (χ2v) is 7.45. The number of carbonyl (C=O) groups is 1. The summed E-state index contributed by atoms with van der Waals surface area (Å²) < 4.78 is 21.1. The number of carbonyl (C=O) groups excluding carboxylic acids is 1. The molecule has 2 heterocycles. The van der Waals surface area contributed by atoms with E-state index in [9.17, 15) is 14.0 Å². The third-order valence-electron chi connectivity index (χ3n) is 5.57. The summed E-state index contributed by atoms with van der Waals surface area (Å²) in [6.07, 6.45) is 3.32. The van der Waals surface area contributed by atoms with E-state index in [-0.39, 0.29) is 17.2 Å². The van der Waals surface area contributed by atoms with E-state index in [1.807, 2.05) is 6.07 Å². The van der Waals surface area contributed by atoms with Crippen LogP contribution in [-0.4, -0.2) is 28.7 Å². The number of aliphatic hydroxyl groups is 1. The van der Waals surface area contributed by atoms with Gasteiger partial charge in [0.25, 0.3) is 5.56 Å². The molecule has 0 saturated carbocycles. The van der Waals surface area contributed by atoms with Gasteiger partial charge in [0, 0.05) is 24.4 Å². The maximum Gasteiger partial charge on any atom is 0.251 e. The number of aromatic nitrogens is 1. The van der Waals surface area contributed by atoms with Crippen LogP contribution in [0.1, 0.15) is 39.9 Å². The van der Waals surface area contributed by atoms with E-state index >= 15 is 0 Å². The summed E-state index contributed by atoms with van der Waals surface area (Å²) in [5, 5.41) is 8.94. The number of ether oxygens (including phenoxy) is 1. The molecule has 1 aliphatic heterocycles. The lowest BCUT2D eigenvalue weighted by Gasteiger charge is -2.29.